The van der Waals surface area contributed by atoms with Crippen molar-refractivity contribution in [3.8, 4) is 0 Å². The fourth-order valence-corrected chi connectivity index (χ4v) is 2.08. The van der Waals surface area contributed by atoms with Gasteiger partial charge in [-0.3, -0.25) is 10.2 Å². The number of primary amides is 1. The quantitative estimate of drug-likeness (QED) is 0.618. The van der Waals surface area contributed by atoms with Crippen molar-refractivity contribution in [2.45, 2.75) is 25.3 Å². The maximum absolute atomic E-state index is 11.2. The van der Waals surface area contributed by atoms with E-state index in [1.807, 2.05) is 17.4 Å². The highest BCUT2D eigenvalue weighted by molar-refractivity contribution is 5.80. The summed E-state index contributed by atoms with van der Waals surface area (Å²) in [6.07, 6.45) is 8.83. The van der Waals surface area contributed by atoms with E-state index < -0.39 is 0 Å². The fraction of sp³-hybridized carbons (Fsp3) is 0.545. The van der Waals surface area contributed by atoms with Crippen molar-refractivity contribution in [2.75, 3.05) is 13.1 Å². The van der Waals surface area contributed by atoms with E-state index in [4.69, 9.17) is 5.73 Å². The predicted molar refractivity (Wildman–Crippen MR) is 61.9 cm³/mol. The molecule has 1 fully saturated rings. The van der Waals surface area contributed by atoms with Gasteiger partial charge < -0.3 is 11.1 Å². The lowest BCUT2D eigenvalue weighted by Crippen LogP contribution is -2.48. The molecule has 0 aromatic rings. The van der Waals surface area contributed by atoms with Crippen molar-refractivity contribution in [1.29, 1.82) is 0 Å². The number of amides is 1. The summed E-state index contributed by atoms with van der Waals surface area (Å²) >= 11 is 0. The Balaban J connectivity index is 1.81. The Morgan fingerprint density at radius 1 is 1.69 bits per heavy atom. The minimum absolute atomic E-state index is 0.146. The largest absolute Gasteiger partial charge is 0.368 e. The second kappa shape index (κ2) is 5.14. The molecule has 0 radical (unpaired) electrons. The summed E-state index contributed by atoms with van der Waals surface area (Å²) in [5.74, 6) is -0.236. The van der Waals surface area contributed by atoms with Crippen LogP contribution in [-0.4, -0.2) is 30.0 Å². The first-order valence-corrected chi connectivity index (χ1v) is 5.66. The monoisotopic (exact) mass is 222 g/mol. The summed E-state index contributed by atoms with van der Waals surface area (Å²) < 4.78 is 0. The van der Waals surface area contributed by atoms with Crippen molar-refractivity contribution in [3.05, 3.63) is 24.0 Å². The summed E-state index contributed by atoms with van der Waals surface area (Å²) in [7, 11) is 0. The van der Waals surface area contributed by atoms with Crippen molar-refractivity contribution >= 4 is 5.91 Å². The number of hydrogen-bond donors (Lipinski definition) is 3. The average Bonchev–Trinajstić information content (AvgIpc) is 2.76. The number of dihydropyridines is 1. The molecular weight excluding hydrogens is 204 g/mol. The van der Waals surface area contributed by atoms with E-state index >= 15 is 0 Å². The first-order chi connectivity index (χ1) is 7.77. The molecule has 2 aliphatic rings. The lowest BCUT2D eigenvalue weighted by atomic mass is 10.2. The molecule has 0 aromatic heterocycles. The van der Waals surface area contributed by atoms with Gasteiger partial charge >= 0.3 is 0 Å². The Labute approximate surface area is 95.3 Å². The number of rotatable bonds is 4. The molecule has 0 spiro atoms. The molecule has 16 heavy (non-hydrogen) atoms. The Bertz CT molecular complexity index is 324. The molecule has 1 saturated heterocycles. The summed E-state index contributed by atoms with van der Waals surface area (Å²) in [5, 5.41) is 5.01. The predicted octanol–water partition coefficient (Wildman–Crippen LogP) is -0.168. The summed E-state index contributed by atoms with van der Waals surface area (Å²) in [6, 6.07) is -0.146. The van der Waals surface area contributed by atoms with E-state index in [1.54, 1.807) is 0 Å². The van der Waals surface area contributed by atoms with Gasteiger partial charge in [0.2, 0.25) is 5.91 Å². The van der Waals surface area contributed by atoms with Gasteiger partial charge in [-0.25, -0.2) is 5.01 Å². The standard InChI is InChI=1S/C11H18N4O/c12-11(16)10-4-2-6-15(10)14-8-9-3-1-5-13-7-9/h1,5,7,10,13-14H,2-4,6,8H2,(H2,12,16). The molecule has 0 bridgehead atoms. The molecular formula is C11H18N4O. The molecule has 1 amide bonds. The van der Waals surface area contributed by atoms with Gasteiger partial charge in [0.05, 0.1) is 0 Å². The fourth-order valence-electron chi connectivity index (χ4n) is 2.08. The summed E-state index contributed by atoms with van der Waals surface area (Å²) in [5.41, 5.74) is 9.89. The smallest absolute Gasteiger partial charge is 0.236 e. The zero-order valence-electron chi connectivity index (χ0n) is 9.28. The van der Waals surface area contributed by atoms with Crippen molar-refractivity contribution in [3.63, 3.8) is 0 Å². The number of nitrogens with zero attached hydrogens (tertiary/aromatic N) is 1. The molecule has 0 aromatic carbocycles. The average molecular weight is 222 g/mol. The first-order valence-electron chi connectivity index (χ1n) is 5.66. The van der Waals surface area contributed by atoms with Crippen LogP contribution in [-0.2, 0) is 4.79 Å². The van der Waals surface area contributed by atoms with E-state index in [0.29, 0.717) is 0 Å². The van der Waals surface area contributed by atoms with Gasteiger partial charge in [-0.05, 0) is 31.0 Å². The van der Waals surface area contributed by atoms with Crippen LogP contribution in [0.15, 0.2) is 24.0 Å². The second-order valence-corrected chi connectivity index (χ2v) is 4.16. The van der Waals surface area contributed by atoms with Crippen LogP contribution in [0, 0.1) is 0 Å². The van der Waals surface area contributed by atoms with Gasteiger partial charge in [-0.15, -0.1) is 0 Å². The Hall–Kier alpha value is -1.33. The number of nitrogens with two attached hydrogens (primary N) is 1. The molecule has 2 heterocycles. The van der Waals surface area contributed by atoms with Gasteiger partial charge in [-0.2, -0.15) is 0 Å². The molecule has 2 aliphatic heterocycles. The summed E-state index contributed by atoms with van der Waals surface area (Å²) in [6.45, 7) is 1.66. The van der Waals surface area contributed by atoms with Crippen LogP contribution >= 0.6 is 0 Å². The van der Waals surface area contributed by atoms with Gasteiger partial charge in [0.15, 0.2) is 0 Å². The Kier molecular flexibility index (Phi) is 3.58. The van der Waals surface area contributed by atoms with E-state index in [9.17, 15) is 4.79 Å². The van der Waals surface area contributed by atoms with E-state index in [-0.39, 0.29) is 11.9 Å². The summed E-state index contributed by atoms with van der Waals surface area (Å²) in [4.78, 5) is 11.2. The first kappa shape index (κ1) is 11.2. The number of hydrogen-bond acceptors (Lipinski definition) is 4. The molecule has 2 rings (SSSR count). The van der Waals surface area contributed by atoms with Gasteiger partial charge in [-0.1, -0.05) is 6.08 Å². The molecule has 1 atom stereocenters. The van der Waals surface area contributed by atoms with Crippen molar-refractivity contribution < 1.29 is 4.79 Å². The van der Waals surface area contributed by atoms with Crippen LogP contribution in [0.25, 0.3) is 0 Å². The third-order valence-electron chi connectivity index (χ3n) is 2.97. The highest BCUT2D eigenvalue weighted by atomic mass is 16.1. The number of allylic oxidation sites excluding steroid dienone is 1. The number of carbonyl (C=O) groups excluding carboxylic acids is 1. The molecule has 0 saturated carbocycles. The van der Waals surface area contributed by atoms with Gasteiger partial charge in [0, 0.05) is 19.3 Å². The van der Waals surface area contributed by atoms with Crippen molar-refractivity contribution in [2.24, 2.45) is 5.73 Å². The van der Waals surface area contributed by atoms with Gasteiger partial charge in [0.1, 0.15) is 6.04 Å². The van der Waals surface area contributed by atoms with Crippen LogP contribution in [0.1, 0.15) is 19.3 Å². The normalized spacial score (nSPS) is 25.2. The minimum Gasteiger partial charge on any atom is -0.368 e. The van der Waals surface area contributed by atoms with Crippen LogP contribution in [0.4, 0.5) is 0 Å². The third kappa shape index (κ3) is 2.62. The molecule has 5 heteroatoms. The lowest BCUT2D eigenvalue weighted by Gasteiger charge is -2.23. The Morgan fingerprint density at radius 3 is 3.25 bits per heavy atom. The second-order valence-electron chi connectivity index (χ2n) is 4.16. The molecule has 4 N–H and O–H groups in total. The SMILES string of the molecule is NC(=O)C1CCCN1NCC1=CNC=CC1. The molecule has 1 unspecified atom stereocenters. The zero-order chi connectivity index (χ0) is 11.4. The molecule has 0 aliphatic carbocycles. The van der Waals surface area contributed by atoms with E-state index in [2.05, 4.69) is 16.8 Å². The maximum Gasteiger partial charge on any atom is 0.236 e. The van der Waals surface area contributed by atoms with Crippen molar-refractivity contribution in [1.82, 2.24) is 15.8 Å². The van der Waals surface area contributed by atoms with Crippen LogP contribution in [0.2, 0.25) is 0 Å². The zero-order valence-corrected chi connectivity index (χ0v) is 9.28. The minimum atomic E-state index is -0.236. The van der Waals surface area contributed by atoms with E-state index in [0.717, 1.165) is 32.4 Å². The number of hydrazine groups is 1. The number of carbonyl (C=O) groups is 1. The van der Waals surface area contributed by atoms with Crippen LogP contribution < -0.4 is 16.5 Å². The lowest BCUT2D eigenvalue weighted by molar-refractivity contribution is -0.123. The maximum atomic E-state index is 11.2. The van der Waals surface area contributed by atoms with Gasteiger partial charge in [0.25, 0.3) is 0 Å². The highest BCUT2D eigenvalue weighted by Gasteiger charge is 2.28. The third-order valence-corrected chi connectivity index (χ3v) is 2.97. The van der Waals surface area contributed by atoms with Crippen LogP contribution in [0.5, 0.6) is 0 Å². The molecule has 5 nitrogen and oxygen atoms in total. The van der Waals surface area contributed by atoms with Crippen LogP contribution in [0.3, 0.4) is 0 Å². The van der Waals surface area contributed by atoms with E-state index in [1.165, 1.54) is 5.57 Å². The topological polar surface area (TPSA) is 70.4 Å². The highest BCUT2D eigenvalue weighted by Crippen LogP contribution is 2.14. The Morgan fingerprint density at radius 2 is 2.56 bits per heavy atom. The number of nitrogens with one attached hydrogen (secondary N) is 2. The molecule has 88 valence electrons.